The quantitative estimate of drug-likeness (QED) is 0.445. The molecular formula is C24H36N2O5. The van der Waals surface area contributed by atoms with E-state index >= 15 is 0 Å². The highest BCUT2D eigenvalue weighted by Gasteiger charge is 2.21. The third kappa shape index (κ3) is 7.40. The van der Waals surface area contributed by atoms with Crippen molar-refractivity contribution < 1.29 is 24.4 Å². The summed E-state index contributed by atoms with van der Waals surface area (Å²) in [6, 6.07) is 14.2. The zero-order chi connectivity index (χ0) is 22.6. The standard InChI is InChI=1S/C24H36N2O5/c1-19(18-28)15-26(16-20-9-6-5-7-10-20)25(11-8-12-27)17-21-13-22(29-2)24(31-4)23(14-21)30-3/h5-7,9-10,13-14,19,27-28H,8,11-12,15-18H2,1-4H3/t19-/m0/s1. The second kappa shape index (κ2) is 13.2. The summed E-state index contributed by atoms with van der Waals surface area (Å²) in [6.45, 7) is 4.94. The second-order valence-corrected chi connectivity index (χ2v) is 7.62. The molecule has 0 fully saturated rings. The van der Waals surface area contributed by atoms with Crippen LogP contribution in [0, 0.1) is 5.92 Å². The Labute approximate surface area is 185 Å². The predicted octanol–water partition coefficient (Wildman–Crippen LogP) is 2.94. The van der Waals surface area contributed by atoms with Crippen molar-refractivity contribution in [1.29, 1.82) is 0 Å². The first-order valence-corrected chi connectivity index (χ1v) is 10.6. The summed E-state index contributed by atoms with van der Waals surface area (Å²) in [5.74, 6) is 1.89. The van der Waals surface area contributed by atoms with Crippen LogP contribution in [0.15, 0.2) is 42.5 Å². The van der Waals surface area contributed by atoms with E-state index in [-0.39, 0.29) is 19.1 Å². The molecule has 0 aromatic heterocycles. The summed E-state index contributed by atoms with van der Waals surface area (Å²) in [6.07, 6.45) is 0.642. The van der Waals surface area contributed by atoms with Crippen LogP contribution in [-0.4, -0.2) is 67.9 Å². The lowest BCUT2D eigenvalue weighted by Crippen LogP contribution is -2.45. The zero-order valence-corrected chi connectivity index (χ0v) is 19.1. The van der Waals surface area contributed by atoms with Gasteiger partial charge in [-0.2, -0.15) is 0 Å². The average Bonchev–Trinajstić information content (AvgIpc) is 2.81. The Morgan fingerprint density at radius 2 is 1.45 bits per heavy atom. The number of methoxy groups -OCH3 is 3. The van der Waals surface area contributed by atoms with Crippen LogP contribution in [0.2, 0.25) is 0 Å². The van der Waals surface area contributed by atoms with Crippen LogP contribution in [0.1, 0.15) is 24.5 Å². The number of benzene rings is 2. The van der Waals surface area contributed by atoms with E-state index < -0.39 is 0 Å². The molecule has 2 aromatic carbocycles. The normalized spacial score (nSPS) is 12.3. The molecule has 2 N–H and O–H groups in total. The third-order valence-corrected chi connectivity index (χ3v) is 5.11. The number of hydrogen-bond acceptors (Lipinski definition) is 7. The van der Waals surface area contributed by atoms with E-state index in [0.717, 1.165) is 5.56 Å². The smallest absolute Gasteiger partial charge is 0.203 e. The van der Waals surface area contributed by atoms with Gasteiger partial charge in [-0.1, -0.05) is 37.3 Å². The predicted molar refractivity (Wildman–Crippen MR) is 121 cm³/mol. The number of aliphatic hydroxyl groups is 2. The van der Waals surface area contributed by atoms with Crippen LogP contribution in [0.4, 0.5) is 0 Å². The fourth-order valence-corrected chi connectivity index (χ4v) is 3.50. The molecule has 0 aliphatic carbocycles. The summed E-state index contributed by atoms with van der Waals surface area (Å²) in [5, 5.41) is 23.6. The van der Waals surface area contributed by atoms with Crippen molar-refractivity contribution in [2.24, 2.45) is 5.92 Å². The Kier molecular flexibility index (Phi) is 10.6. The van der Waals surface area contributed by atoms with Gasteiger partial charge in [0.05, 0.1) is 21.3 Å². The number of ether oxygens (including phenoxy) is 3. The van der Waals surface area contributed by atoms with E-state index in [1.54, 1.807) is 21.3 Å². The van der Waals surface area contributed by atoms with Gasteiger partial charge in [-0.05, 0) is 35.6 Å². The van der Waals surface area contributed by atoms with Crippen molar-refractivity contribution in [2.75, 3.05) is 47.6 Å². The van der Waals surface area contributed by atoms with E-state index in [2.05, 4.69) is 22.2 Å². The second-order valence-electron chi connectivity index (χ2n) is 7.62. The molecule has 0 radical (unpaired) electrons. The highest BCUT2D eigenvalue weighted by atomic mass is 16.5. The highest BCUT2D eigenvalue weighted by Crippen LogP contribution is 2.38. The summed E-state index contributed by atoms with van der Waals surface area (Å²) in [4.78, 5) is 0. The highest BCUT2D eigenvalue weighted by molar-refractivity contribution is 5.53. The van der Waals surface area contributed by atoms with Crippen molar-refractivity contribution in [2.45, 2.75) is 26.4 Å². The van der Waals surface area contributed by atoms with Gasteiger partial charge in [-0.15, -0.1) is 0 Å². The largest absolute Gasteiger partial charge is 0.493 e. The molecular weight excluding hydrogens is 396 g/mol. The molecule has 0 aliphatic heterocycles. The molecule has 0 amide bonds. The maximum absolute atomic E-state index is 9.66. The zero-order valence-electron chi connectivity index (χ0n) is 19.1. The third-order valence-electron chi connectivity index (χ3n) is 5.11. The van der Waals surface area contributed by atoms with Gasteiger partial charge in [0.15, 0.2) is 11.5 Å². The molecule has 2 rings (SSSR count). The minimum absolute atomic E-state index is 0.111. The van der Waals surface area contributed by atoms with Gasteiger partial charge in [0.2, 0.25) is 5.75 Å². The molecule has 0 bridgehead atoms. The van der Waals surface area contributed by atoms with E-state index in [1.165, 1.54) is 5.56 Å². The van der Waals surface area contributed by atoms with E-state index in [9.17, 15) is 10.2 Å². The Morgan fingerprint density at radius 1 is 0.839 bits per heavy atom. The number of nitrogens with zero attached hydrogens (tertiary/aromatic N) is 2. The van der Waals surface area contributed by atoms with E-state index in [1.807, 2.05) is 37.3 Å². The maximum Gasteiger partial charge on any atom is 0.203 e. The maximum atomic E-state index is 9.66. The topological polar surface area (TPSA) is 74.6 Å². The molecule has 0 spiro atoms. The van der Waals surface area contributed by atoms with Crippen LogP contribution in [0.3, 0.4) is 0 Å². The van der Waals surface area contributed by atoms with Crippen LogP contribution in [0.5, 0.6) is 17.2 Å². The Balaban J connectivity index is 2.35. The van der Waals surface area contributed by atoms with Gasteiger partial charge in [0.25, 0.3) is 0 Å². The lowest BCUT2D eigenvalue weighted by atomic mass is 10.1. The molecule has 0 heterocycles. The number of hydrogen-bond donors (Lipinski definition) is 2. The van der Waals surface area contributed by atoms with Gasteiger partial charge >= 0.3 is 0 Å². The summed E-state index contributed by atoms with van der Waals surface area (Å²) >= 11 is 0. The molecule has 172 valence electrons. The number of rotatable bonds is 14. The Morgan fingerprint density at radius 3 is 1.97 bits per heavy atom. The van der Waals surface area contributed by atoms with Crippen molar-refractivity contribution in [3.8, 4) is 17.2 Å². The molecule has 1 atom stereocenters. The summed E-state index contributed by atoms with van der Waals surface area (Å²) in [5.41, 5.74) is 2.19. The molecule has 2 aromatic rings. The summed E-state index contributed by atoms with van der Waals surface area (Å²) < 4.78 is 16.5. The van der Waals surface area contributed by atoms with Gasteiger partial charge in [-0.25, -0.2) is 10.0 Å². The van der Waals surface area contributed by atoms with Crippen molar-refractivity contribution >= 4 is 0 Å². The van der Waals surface area contributed by atoms with Gasteiger partial charge < -0.3 is 24.4 Å². The average molecular weight is 433 g/mol. The summed E-state index contributed by atoms with van der Waals surface area (Å²) in [7, 11) is 4.80. The first-order chi connectivity index (χ1) is 15.1. The van der Waals surface area contributed by atoms with Crippen molar-refractivity contribution in [3.05, 3.63) is 53.6 Å². The minimum Gasteiger partial charge on any atom is -0.493 e. The van der Waals surface area contributed by atoms with Gasteiger partial charge in [-0.3, -0.25) is 0 Å². The van der Waals surface area contributed by atoms with Crippen molar-refractivity contribution in [3.63, 3.8) is 0 Å². The van der Waals surface area contributed by atoms with Gasteiger partial charge in [0.1, 0.15) is 0 Å². The molecule has 0 saturated heterocycles. The van der Waals surface area contributed by atoms with Crippen molar-refractivity contribution in [1.82, 2.24) is 10.0 Å². The molecule has 7 nitrogen and oxygen atoms in total. The van der Waals surface area contributed by atoms with Crippen LogP contribution in [0.25, 0.3) is 0 Å². The Hall–Kier alpha value is -2.32. The Bertz CT molecular complexity index is 747. The molecule has 0 saturated carbocycles. The van der Waals surface area contributed by atoms with Crippen LogP contribution < -0.4 is 14.2 Å². The lowest BCUT2D eigenvalue weighted by molar-refractivity contribution is -0.0582. The first-order valence-electron chi connectivity index (χ1n) is 10.6. The number of hydrazine groups is 1. The molecule has 0 aliphatic rings. The molecule has 7 heteroatoms. The van der Waals surface area contributed by atoms with Crippen LogP contribution in [-0.2, 0) is 13.1 Å². The fourth-order valence-electron chi connectivity index (χ4n) is 3.50. The molecule has 31 heavy (non-hydrogen) atoms. The van der Waals surface area contributed by atoms with Crippen LogP contribution >= 0.6 is 0 Å². The fraction of sp³-hybridized carbons (Fsp3) is 0.500. The minimum atomic E-state index is 0.111. The van der Waals surface area contributed by atoms with E-state index in [0.29, 0.717) is 49.8 Å². The monoisotopic (exact) mass is 432 g/mol. The SMILES string of the molecule is COc1cc(CN(CCCO)N(Cc2ccccc2)C[C@H](C)CO)cc(OC)c1OC. The molecule has 0 unspecified atom stereocenters. The van der Waals surface area contributed by atoms with Gasteiger partial charge in [0, 0.05) is 39.4 Å². The van der Waals surface area contributed by atoms with E-state index in [4.69, 9.17) is 14.2 Å². The number of aliphatic hydroxyl groups excluding tert-OH is 2. The first kappa shape index (κ1) is 24.9. The lowest BCUT2D eigenvalue weighted by Gasteiger charge is -2.37.